The number of amides is 1. The molecule has 1 rings (SSSR count). The van der Waals surface area contributed by atoms with Crippen molar-refractivity contribution in [2.45, 2.75) is 20.3 Å². The number of β-amino-alcohol motifs (C(OH)–C–C–N with tert-alkyl or cyclic N) is 1. The summed E-state index contributed by atoms with van der Waals surface area (Å²) in [4.78, 5) is 16.4. The second-order valence-electron chi connectivity index (χ2n) is 5.45. The molecule has 0 aromatic carbocycles. The zero-order valence-electron chi connectivity index (χ0n) is 11.6. The first kappa shape index (κ1) is 15.4. The number of nitrogens with zero attached hydrogens (tertiary/aromatic N) is 2. The molecule has 0 aromatic heterocycles. The molecule has 0 aliphatic carbocycles. The number of aliphatic hydroxyl groups is 1. The van der Waals surface area contributed by atoms with E-state index >= 15 is 0 Å². The number of hydrogen-bond acceptors (Lipinski definition) is 4. The SMILES string of the molecule is CC(C)CC(CN)C(=O)N1CCN(CCO)CC1. The van der Waals surface area contributed by atoms with Crippen LogP contribution in [0.4, 0.5) is 0 Å². The Kier molecular flexibility index (Phi) is 6.60. The molecule has 1 unspecified atom stereocenters. The molecule has 5 heteroatoms. The average molecular weight is 257 g/mol. The van der Waals surface area contributed by atoms with Crippen molar-refractivity contribution in [2.75, 3.05) is 45.9 Å². The quantitative estimate of drug-likeness (QED) is 0.688. The molecule has 106 valence electrons. The van der Waals surface area contributed by atoms with E-state index < -0.39 is 0 Å². The summed E-state index contributed by atoms with van der Waals surface area (Å²) >= 11 is 0. The molecule has 1 aliphatic rings. The van der Waals surface area contributed by atoms with Crippen LogP contribution in [0.2, 0.25) is 0 Å². The third-order valence-electron chi connectivity index (χ3n) is 3.49. The van der Waals surface area contributed by atoms with Crippen molar-refractivity contribution in [2.24, 2.45) is 17.6 Å². The Morgan fingerprint density at radius 3 is 2.33 bits per heavy atom. The lowest BCUT2D eigenvalue weighted by atomic mass is 9.95. The molecule has 0 radical (unpaired) electrons. The molecule has 0 spiro atoms. The van der Waals surface area contributed by atoms with Crippen LogP contribution >= 0.6 is 0 Å². The van der Waals surface area contributed by atoms with E-state index in [1.807, 2.05) is 4.90 Å². The van der Waals surface area contributed by atoms with E-state index in [-0.39, 0.29) is 18.4 Å². The highest BCUT2D eigenvalue weighted by molar-refractivity contribution is 5.79. The summed E-state index contributed by atoms with van der Waals surface area (Å²) in [5.74, 6) is 0.669. The van der Waals surface area contributed by atoms with E-state index in [0.29, 0.717) is 19.0 Å². The predicted octanol–water partition coefficient (Wildman–Crippen LogP) is -0.256. The van der Waals surface area contributed by atoms with Crippen LogP contribution in [0.5, 0.6) is 0 Å². The van der Waals surface area contributed by atoms with Crippen molar-refractivity contribution in [1.29, 1.82) is 0 Å². The molecule has 18 heavy (non-hydrogen) atoms. The van der Waals surface area contributed by atoms with Crippen molar-refractivity contribution in [1.82, 2.24) is 9.80 Å². The van der Waals surface area contributed by atoms with Gasteiger partial charge in [-0.2, -0.15) is 0 Å². The van der Waals surface area contributed by atoms with E-state index in [9.17, 15) is 4.79 Å². The first-order valence-electron chi connectivity index (χ1n) is 6.90. The van der Waals surface area contributed by atoms with Crippen LogP contribution in [0, 0.1) is 11.8 Å². The minimum Gasteiger partial charge on any atom is -0.395 e. The number of carbonyl (C=O) groups excluding carboxylic acids is 1. The smallest absolute Gasteiger partial charge is 0.227 e. The molecular weight excluding hydrogens is 230 g/mol. The third-order valence-corrected chi connectivity index (χ3v) is 3.49. The maximum absolute atomic E-state index is 12.3. The molecule has 0 saturated carbocycles. The van der Waals surface area contributed by atoms with Crippen LogP contribution in [0.1, 0.15) is 20.3 Å². The van der Waals surface area contributed by atoms with Crippen LogP contribution in [0.3, 0.4) is 0 Å². The van der Waals surface area contributed by atoms with Gasteiger partial charge in [-0.15, -0.1) is 0 Å². The van der Waals surface area contributed by atoms with E-state index in [4.69, 9.17) is 10.8 Å². The van der Waals surface area contributed by atoms with Gasteiger partial charge in [-0.25, -0.2) is 0 Å². The molecule has 1 heterocycles. The van der Waals surface area contributed by atoms with Gasteiger partial charge in [-0.3, -0.25) is 9.69 Å². The summed E-state index contributed by atoms with van der Waals surface area (Å²) in [6, 6.07) is 0. The Morgan fingerprint density at radius 2 is 1.89 bits per heavy atom. The maximum atomic E-state index is 12.3. The maximum Gasteiger partial charge on any atom is 0.227 e. The second kappa shape index (κ2) is 7.71. The highest BCUT2D eigenvalue weighted by atomic mass is 16.3. The van der Waals surface area contributed by atoms with Gasteiger partial charge in [0.2, 0.25) is 5.91 Å². The van der Waals surface area contributed by atoms with Crippen LogP contribution < -0.4 is 5.73 Å². The number of carbonyl (C=O) groups is 1. The van der Waals surface area contributed by atoms with Gasteiger partial charge < -0.3 is 15.7 Å². The molecule has 5 nitrogen and oxygen atoms in total. The van der Waals surface area contributed by atoms with Crippen molar-refractivity contribution in [3.63, 3.8) is 0 Å². The summed E-state index contributed by atoms with van der Waals surface area (Å²) in [7, 11) is 0. The highest BCUT2D eigenvalue weighted by Crippen LogP contribution is 2.15. The lowest BCUT2D eigenvalue weighted by molar-refractivity contribution is -0.137. The molecule has 1 amide bonds. The van der Waals surface area contributed by atoms with E-state index in [1.54, 1.807) is 0 Å². The average Bonchev–Trinajstić information content (AvgIpc) is 2.36. The Labute approximate surface area is 110 Å². The molecular formula is C13H27N3O2. The van der Waals surface area contributed by atoms with Crippen LogP contribution in [-0.4, -0.2) is 66.7 Å². The van der Waals surface area contributed by atoms with Gasteiger partial charge in [0.05, 0.1) is 12.5 Å². The first-order chi connectivity index (χ1) is 8.58. The summed E-state index contributed by atoms with van der Waals surface area (Å²) < 4.78 is 0. The lowest BCUT2D eigenvalue weighted by Crippen LogP contribution is -2.51. The lowest BCUT2D eigenvalue weighted by Gasteiger charge is -2.36. The molecule has 0 aromatic rings. The van der Waals surface area contributed by atoms with Crippen LogP contribution in [0.15, 0.2) is 0 Å². The molecule has 1 saturated heterocycles. The molecule has 1 atom stereocenters. The summed E-state index contributed by atoms with van der Waals surface area (Å²) in [5, 5.41) is 8.88. The second-order valence-corrected chi connectivity index (χ2v) is 5.45. The zero-order chi connectivity index (χ0) is 13.5. The highest BCUT2D eigenvalue weighted by Gasteiger charge is 2.26. The Balaban J connectivity index is 2.42. The van der Waals surface area contributed by atoms with Gasteiger partial charge in [0, 0.05) is 39.3 Å². The van der Waals surface area contributed by atoms with Crippen molar-refractivity contribution in [3.05, 3.63) is 0 Å². The summed E-state index contributed by atoms with van der Waals surface area (Å²) in [6.45, 7) is 8.79. The van der Waals surface area contributed by atoms with Crippen LogP contribution in [0.25, 0.3) is 0 Å². The van der Waals surface area contributed by atoms with Crippen molar-refractivity contribution < 1.29 is 9.90 Å². The van der Waals surface area contributed by atoms with Gasteiger partial charge in [0.1, 0.15) is 0 Å². The fraction of sp³-hybridized carbons (Fsp3) is 0.923. The largest absolute Gasteiger partial charge is 0.395 e. The normalized spacial score (nSPS) is 19.3. The van der Waals surface area contributed by atoms with Gasteiger partial charge >= 0.3 is 0 Å². The minimum atomic E-state index is -0.0330. The number of rotatable bonds is 6. The minimum absolute atomic E-state index is 0.0330. The molecule has 0 bridgehead atoms. The van der Waals surface area contributed by atoms with Gasteiger partial charge in [0.15, 0.2) is 0 Å². The summed E-state index contributed by atoms with van der Waals surface area (Å²) in [6.07, 6.45) is 0.867. The standard InChI is InChI=1S/C13H27N3O2/c1-11(2)9-12(10-14)13(18)16-5-3-15(4-6-16)7-8-17/h11-12,17H,3-10,14H2,1-2H3. The van der Waals surface area contributed by atoms with E-state index in [0.717, 1.165) is 32.6 Å². The third kappa shape index (κ3) is 4.55. The topological polar surface area (TPSA) is 69.8 Å². The van der Waals surface area contributed by atoms with E-state index in [1.165, 1.54) is 0 Å². The number of nitrogens with two attached hydrogens (primary N) is 1. The number of aliphatic hydroxyl groups excluding tert-OH is 1. The Bertz CT molecular complexity index is 251. The fourth-order valence-corrected chi connectivity index (χ4v) is 2.46. The van der Waals surface area contributed by atoms with Gasteiger partial charge in [-0.05, 0) is 12.3 Å². The Morgan fingerprint density at radius 1 is 1.28 bits per heavy atom. The number of piperazine rings is 1. The summed E-state index contributed by atoms with van der Waals surface area (Å²) in [5.41, 5.74) is 5.71. The molecule has 1 fully saturated rings. The molecule has 3 N–H and O–H groups in total. The van der Waals surface area contributed by atoms with Crippen molar-refractivity contribution in [3.8, 4) is 0 Å². The Hall–Kier alpha value is -0.650. The fourth-order valence-electron chi connectivity index (χ4n) is 2.46. The zero-order valence-corrected chi connectivity index (χ0v) is 11.6. The molecule has 1 aliphatic heterocycles. The van der Waals surface area contributed by atoms with Gasteiger partial charge in [0.25, 0.3) is 0 Å². The van der Waals surface area contributed by atoms with Crippen molar-refractivity contribution >= 4 is 5.91 Å². The van der Waals surface area contributed by atoms with E-state index in [2.05, 4.69) is 18.7 Å². The first-order valence-corrected chi connectivity index (χ1v) is 6.90. The number of hydrogen-bond donors (Lipinski definition) is 2. The van der Waals surface area contributed by atoms with Crippen LogP contribution in [-0.2, 0) is 4.79 Å². The van der Waals surface area contributed by atoms with Gasteiger partial charge in [-0.1, -0.05) is 13.8 Å². The monoisotopic (exact) mass is 257 g/mol. The predicted molar refractivity (Wildman–Crippen MR) is 72.1 cm³/mol.